The number of hydrogen-bond acceptors (Lipinski definition) is 5. The first-order valence-electron chi connectivity index (χ1n) is 8.23. The SMILES string of the molecule is O=[N+]([O-])c1ccc(N2CCC[C@@H]2c2ccc3c(c2)OCCO3)c(Cl)c1. The zero-order chi connectivity index (χ0) is 17.4. The molecule has 0 aliphatic carbocycles. The normalized spacial score (nSPS) is 19.1. The van der Waals surface area contributed by atoms with Crippen molar-refractivity contribution in [1.82, 2.24) is 0 Å². The number of nitrogens with zero attached hydrogens (tertiary/aromatic N) is 2. The van der Waals surface area contributed by atoms with Crippen LogP contribution in [0.4, 0.5) is 11.4 Å². The Bertz CT molecular complexity index is 827. The van der Waals surface area contributed by atoms with Gasteiger partial charge in [0.15, 0.2) is 11.5 Å². The first-order valence-corrected chi connectivity index (χ1v) is 8.61. The molecule has 2 aliphatic rings. The summed E-state index contributed by atoms with van der Waals surface area (Å²) in [4.78, 5) is 12.7. The van der Waals surface area contributed by atoms with Crippen LogP contribution in [0.25, 0.3) is 0 Å². The van der Waals surface area contributed by atoms with Gasteiger partial charge in [-0.25, -0.2) is 0 Å². The summed E-state index contributed by atoms with van der Waals surface area (Å²) in [5.41, 5.74) is 1.96. The molecule has 0 N–H and O–H groups in total. The molecule has 1 saturated heterocycles. The maximum Gasteiger partial charge on any atom is 0.271 e. The molecule has 0 spiro atoms. The minimum atomic E-state index is -0.433. The van der Waals surface area contributed by atoms with E-state index in [1.54, 1.807) is 6.07 Å². The number of non-ortho nitro benzene ring substituents is 1. The minimum Gasteiger partial charge on any atom is -0.486 e. The predicted molar refractivity (Wildman–Crippen MR) is 94.9 cm³/mol. The van der Waals surface area contributed by atoms with E-state index in [1.165, 1.54) is 12.1 Å². The van der Waals surface area contributed by atoms with Crippen molar-refractivity contribution in [3.63, 3.8) is 0 Å². The van der Waals surface area contributed by atoms with Crippen molar-refractivity contribution >= 4 is 23.0 Å². The number of benzene rings is 2. The highest BCUT2D eigenvalue weighted by molar-refractivity contribution is 6.33. The lowest BCUT2D eigenvalue weighted by molar-refractivity contribution is -0.384. The van der Waals surface area contributed by atoms with Crippen LogP contribution in [0.3, 0.4) is 0 Å². The van der Waals surface area contributed by atoms with E-state index in [0.29, 0.717) is 18.2 Å². The number of halogens is 1. The highest BCUT2D eigenvalue weighted by Gasteiger charge is 2.29. The lowest BCUT2D eigenvalue weighted by atomic mass is 10.0. The average Bonchev–Trinajstić information content (AvgIpc) is 3.10. The van der Waals surface area contributed by atoms with Crippen molar-refractivity contribution in [3.8, 4) is 11.5 Å². The van der Waals surface area contributed by atoms with Crippen LogP contribution >= 0.6 is 11.6 Å². The van der Waals surface area contributed by atoms with Crippen molar-refractivity contribution < 1.29 is 14.4 Å². The molecule has 2 aliphatic heterocycles. The van der Waals surface area contributed by atoms with E-state index in [0.717, 1.165) is 42.1 Å². The number of nitro groups is 1. The van der Waals surface area contributed by atoms with Gasteiger partial charge in [-0.15, -0.1) is 0 Å². The van der Waals surface area contributed by atoms with Gasteiger partial charge in [0, 0.05) is 18.7 Å². The third-order valence-electron chi connectivity index (χ3n) is 4.66. The molecule has 0 saturated carbocycles. The third kappa shape index (κ3) is 2.98. The predicted octanol–water partition coefficient (Wildman–Crippen LogP) is 4.36. The smallest absolute Gasteiger partial charge is 0.271 e. The summed E-state index contributed by atoms with van der Waals surface area (Å²) < 4.78 is 11.3. The minimum absolute atomic E-state index is 0.00354. The molecule has 4 rings (SSSR count). The average molecular weight is 361 g/mol. The first kappa shape index (κ1) is 16.0. The van der Waals surface area contributed by atoms with Crippen LogP contribution in [0.1, 0.15) is 24.4 Å². The molecule has 2 aromatic carbocycles. The molecular formula is C18H17ClN2O4. The Morgan fingerprint density at radius 1 is 1.12 bits per heavy atom. The molecular weight excluding hydrogens is 344 g/mol. The van der Waals surface area contributed by atoms with Crippen LogP contribution in [-0.4, -0.2) is 24.7 Å². The Balaban J connectivity index is 1.66. The highest BCUT2D eigenvalue weighted by atomic mass is 35.5. The van der Waals surface area contributed by atoms with Crippen LogP contribution in [0, 0.1) is 10.1 Å². The number of anilines is 1. The van der Waals surface area contributed by atoms with Gasteiger partial charge in [0.05, 0.1) is 21.7 Å². The van der Waals surface area contributed by atoms with Crippen LogP contribution in [0.2, 0.25) is 5.02 Å². The highest BCUT2D eigenvalue weighted by Crippen LogP contribution is 2.42. The van der Waals surface area contributed by atoms with Gasteiger partial charge in [-0.1, -0.05) is 17.7 Å². The topological polar surface area (TPSA) is 64.8 Å². The van der Waals surface area contributed by atoms with Crippen molar-refractivity contribution in [2.45, 2.75) is 18.9 Å². The largest absolute Gasteiger partial charge is 0.486 e. The maximum absolute atomic E-state index is 10.9. The summed E-state index contributed by atoms with van der Waals surface area (Å²) >= 11 is 6.33. The summed E-state index contributed by atoms with van der Waals surface area (Å²) in [6.07, 6.45) is 2.03. The molecule has 0 bridgehead atoms. The second-order valence-corrected chi connectivity index (χ2v) is 6.55. The second-order valence-electron chi connectivity index (χ2n) is 6.15. The van der Waals surface area contributed by atoms with Crippen LogP contribution < -0.4 is 14.4 Å². The van der Waals surface area contributed by atoms with Crippen molar-refractivity contribution in [2.24, 2.45) is 0 Å². The molecule has 1 atom stereocenters. The Morgan fingerprint density at radius 3 is 2.68 bits per heavy atom. The van der Waals surface area contributed by atoms with Gasteiger partial charge < -0.3 is 14.4 Å². The Hall–Kier alpha value is -2.47. The van der Waals surface area contributed by atoms with E-state index in [9.17, 15) is 10.1 Å². The van der Waals surface area contributed by atoms with E-state index >= 15 is 0 Å². The molecule has 0 aromatic heterocycles. The van der Waals surface area contributed by atoms with E-state index in [2.05, 4.69) is 11.0 Å². The number of fused-ring (bicyclic) bond motifs is 1. The summed E-state index contributed by atoms with van der Waals surface area (Å²) in [6.45, 7) is 1.98. The lowest BCUT2D eigenvalue weighted by Gasteiger charge is -2.29. The monoisotopic (exact) mass is 360 g/mol. The number of hydrogen-bond donors (Lipinski definition) is 0. The molecule has 7 heteroatoms. The summed E-state index contributed by atoms with van der Waals surface area (Å²) in [6, 6.07) is 10.8. The van der Waals surface area contributed by atoms with Crippen LogP contribution in [0.5, 0.6) is 11.5 Å². The van der Waals surface area contributed by atoms with E-state index in [4.69, 9.17) is 21.1 Å². The Morgan fingerprint density at radius 2 is 1.92 bits per heavy atom. The molecule has 0 amide bonds. The van der Waals surface area contributed by atoms with Crippen molar-refractivity contribution in [1.29, 1.82) is 0 Å². The third-order valence-corrected chi connectivity index (χ3v) is 4.96. The quantitative estimate of drug-likeness (QED) is 0.601. The summed E-state index contributed by atoms with van der Waals surface area (Å²) in [5.74, 6) is 1.54. The van der Waals surface area contributed by atoms with E-state index in [-0.39, 0.29) is 11.7 Å². The Labute approximate surface area is 150 Å². The fourth-order valence-corrected chi connectivity index (χ4v) is 3.79. The molecule has 1 fully saturated rings. The van der Waals surface area contributed by atoms with Gasteiger partial charge in [-0.3, -0.25) is 10.1 Å². The van der Waals surface area contributed by atoms with Gasteiger partial charge in [-0.2, -0.15) is 0 Å². The van der Waals surface area contributed by atoms with E-state index in [1.807, 2.05) is 12.1 Å². The zero-order valence-electron chi connectivity index (χ0n) is 13.5. The van der Waals surface area contributed by atoms with Crippen LogP contribution in [-0.2, 0) is 0 Å². The number of rotatable bonds is 3. The standard InChI is InChI=1S/C18H17ClN2O4/c19-14-11-13(21(22)23)4-5-16(14)20-7-1-2-15(20)12-3-6-17-18(10-12)25-9-8-24-17/h3-6,10-11,15H,1-2,7-9H2/t15-/m1/s1. The molecule has 130 valence electrons. The zero-order valence-corrected chi connectivity index (χ0v) is 14.2. The molecule has 2 aromatic rings. The Kier molecular flexibility index (Phi) is 4.13. The van der Waals surface area contributed by atoms with Crippen molar-refractivity contribution in [2.75, 3.05) is 24.7 Å². The lowest BCUT2D eigenvalue weighted by Crippen LogP contribution is -2.23. The fraction of sp³-hybridized carbons (Fsp3) is 0.333. The summed E-state index contributed by atoms with van der Waals surface area (Å²) in [5, 5.41) is 11.3. The second kappa shape index (κ2) is 6.44. The van der Waals surface area contributed by atoms with Gasteiger partial charge in [0.1, 0.15) is 13.2 Å². The van der Waals surface area contributed by atoms with Gasteiger partial charge >= 0.3 is 0 Å². The number of ether oxygens (including phenoxy) is 2. The molecule has 2 heterocycles. The molecule has 25 heavy (non-hydrogen) atoms. The maximum atomic E-state index is 10.9. The summed E-state index contributed by atoms with van der Waals surface area (Å²) in [7, 11) is 0. The van der Waals surface area contributed by atoms with Crippen molar-refractivity contribution in [3.05, 3.63) is 57.1 Å². The molecule has 6 nitrogen and oxygen atoms in total. The molecule has 0 radical (unpaired) electrons. The van der Waals surface area contributed by atoms with Crippen LogP contribution in [0.15, 0.2) is 36.4 Å². The van der Waals surface area contributed by atoms with E-state index < -0.39 is 4.92 Å². The van der Waals surface area contributed by atoms with Gasteiger partial charge in [0.2, 0.25) is 0 Å². The van der Waals surface area contributed by atoms with Gasteiger partial charge in [-0.05, 0) is 36.6 Å². The van der Waals surface area contributed by atoms with Gasteiger partial charge in [0.25, 0.3) is 5.69 Å². The number of nitro benzene ring substituents is 1. The first-order chi connectivity index (χ1) is 12.1. The molecule has 0 unspecified atom stereocenters. The fourth-order valence-electron chi connectivity index (χ4n) is 3.51.